The quantitative estimate of drug-likeness (QED) is 0.0298. The van der Waals surface area contributed by atoms with Crippen molar-refractivity contribution in [2.45, 2.75) is 103 Å². The summed E-state index contributed by atoms with van der Waals surface area (Å²) >= 11 is 2.78. The van der Waals surface area contributed by atoms with Gasteiger partial charge in [0.15, 0.2) is 10.3 Å². The minimum absolute atomic E-state index is 0.0169. The fourth-order valence-electron chi connectivity index (χ4n) is 9.89. The highest BCUT2D eigenvalue weighted by atomic mass is 32.2. The Labute approximate surface area is 496 Å². The largest absolute Gasteiger partial charge is 0.463 e. The zero-order valence-corrected chi connectivity index (χ0v) is 49.4. The molecular weight excluding hydrogens is 1130 g/mol. The smallest absolute Gasteiger partial charge is 0.416 e. The summed E-state index contributed by atoms with van der Waals surface area (Å²) in [5.41, 5.74) is 1.91. The molecule has 0 fully saturated rings. The van der Waals surface area contributed by atoms with Crippen LogP contribution in [0.3, 0.4) is 0 Å². The van der Waals surface area contributed by atoms with E-state index in [2.05, 4.69) is 21.9 Å². The second kappa shape index (κ2) is 32.6. The van der Waals surface area contributed by atoms with Crippen LogP contribution in [0.1, 0.15) is 125 Å². The number of aliphatic hydroxyl groups is 2. The molecule has 0 aliphatic carbocycles. The van der Waals surface area contributed by atoms with Crippen LogP contribution in [0.5, 0.6) is 0 Å². The number of carbonyl (C=O) groups excluding carboxylic acids is 2. The van der Waals surface area contributed by atoms with E-state index in [-0.39, 0.29) is 48.9 Å². The molecule has 6 rings (SSSR count). The number of rotatable bonds is 29. The molecule has 0 aromatic heterocycles. The molecule has 0 saturated carbocycles. The molecule has 0 amide bonds. The van der Waals surface area contributed by atoms with Crippen molar-refractivity contribution in [2.24, 2.45) is 9.98 Å². The fourth-order valence-corrected chi connectivity index (χ4v) is 12.1. The average molecular weight is 1200 g/mol. The highest BCUT2D eigenvalue weighted by Gasteiger charge is 2.39. The van der Waals surface area contributed by atoms with Gasteiger partial charge in [0, 0.05) is 60.5 Å². The summed E-state index contributed by atoms with van der Waals surface area (Å²) in [7, 11) is 0. The van der Waals surface area contributed by atoms with Gasteiger partial charge in [-0.2, -0.15) is 36.9 Å². The van der Waals surface area contributed by atoms with Crippen LogP contribution in [-0.2, 0) is 31.4 Å². The van der Waals surface area contributed by atoms with Gasteiger partial charge >= 0.3 is 24.3 Å². The predicted octanol–water partition coefficient (Wildman–Crippen LogP) is 12.9. The predicted molar refractivity (Wildman–Crippen MR) is 318 cm³/mol. The summed E-state index contributed by atoms with van der Waals surface area (Å²) in [5.74, 6) is -0.119. The minimum Gasteiger partial charge on any atom is -0.463 e. The monoisotopic (exact) mass is 1200 g/mol. The van der Waals surface area contributed by atoms with Crippen LogP contribution in [0.25, 0.3) is 0 Å². The van der Waals surface area contributed by atoms with E-state index in [1.807, 2.05) is 0 Å². The van der Waals surface area contributed by atoms with E-state index >= 15 is 0 Å². The Bertz CT molecular complexity index is 2850. The van der Waals surface area contributed by atoms with E-state index in [1.54, 1.807) is 98.2 Å². The number of halogens is 6. The van der Waals surface area contributed by atoms with Crippen LogP contribution in [-0.4, -0.2) is 119 Å². The molecule has 2 atom stereocenters. The van der Waals surface area contributed by atoms with Gasteiger partial charge in [-0.25, -0.2) is 19.6 Å². The van der Waals surface area contributed by atoms with Gasteiger partial charge in [0.05, 0.1) is 72.0 Å². The average Bonchev–Trinajstić information content (AvgIpc) is 1.74. The van der Waals surface area contributed by atoms with Gasteiger partial charge in [-0.3, -0.25) is 19.6 Å². The van der Waals surface area contributed by atoms with E-state index in [0.717, 1.165) is 88.7 Å². The lowest BCUT2D eigenvalue weighted by Crippen LogP contribution is -2.38. The molecule has 14 nitrogen and oxygen atoms in total. The number of ether oxygens (including phenoxy) is 2. The summed E-state index contributed by atoms with van der Waals surface area (Å²) in [6.45, 7) is 10.6. The number of nitriles is 2. The van der Waals surface area contributed by atoms with Crippen molar-refractivity contribution in [2.75, 3.05) is 87.0 Å². The number of hydrogen-bond donors (Lipinski definition) is 2. The Hall–Kier alpha value is -6.66. The van der Waals surface area contributed by atoms with Crippen molar-refractivity contribution in [3.05, 3.63) is 153 Å². The molecule has 2 N–H and O–H groups in total. The number of thioether (sulfide) groups is 2. The Morgan fingerprint density at radius 3 is 1.26 bits per heavy atom. The number of allylic oxidation sites excluding steroid dienone is 2. The number of anilines is 2. The first-order valence-corrected chi connectivity index (χ1v) is 30.1. The third kappa shape index (κ3) is 18.4. The number of nitrogens with zero attached hydrogens (tertiary/aromatic N) is 8. The molecule has 4 aromatic carbocycles. The number of alkyl halides is 6. The number of aliphatic hydroxyl groups excluding tert-OH is 2. The van der Waals surface area contributed by atoms with Crippen LogP contribution in [0.15, 0.2) is 130 Å². The lowest BCUT2D eigenvalue weighted by Gasteiger charge is -2.35. The topological polar surface area (TPSA) is 178 Å². The summed E-state index contributed by atoms with van der Waals surface area (Å²) < 4.78 is 94.9. The molecule has 84 heavy (non-hydrogen) atoms. The molecule has 0 radical (unpaired) electrons. The van der Waals surface area contributed by atoms with E-state index in [9.17, 15) is 56.7 Å². The molecule has 22 heteroatoms. The number of aliphatic imine (C=N–C) groups is 2. The first kappa shape index (κ1) is 66.5. The number of carbonyl (C=O) groups is 2. The summed E-state index contributed by atoms with van der Waals surface area (Å²) in [5, 5.41) is 39.6. The first-order chi connectivity index (χ1) is 40.4. The second-order valence-electron chi connectivity index (χ2n) is 20.0. The van der Waals surface area contributed by atoms with Crippen molar-refractivity contribution in [1.29, 1.82) is 10.5 Å². The highest BCUT2D eigenvalue weighted by Crippen LogP contribution is 2.43. The third-order valence-electron chi connectivity index (χ3n) is 14.2. The normalized spacial score (nSPS) is 15.8. The number of benzene rings is 4. The number of amidine groups is 2. The second-order valence-corrected chi connectivity index (χ2v) is 22.1. The van der Waals surface area contributed by atoms with Gasteiger partial charge < -0.3 is 19.7 Å². The van der Waals surface area contributed by atoms with E-state index in [4.69, 9.17) is 19.5 Å². The zero-order chi connectivity index (χ0) is 60.8. The Morgan fingerprint density at radius 2 is 0.929 bits per heavy atom. The minimum atomic E-state index is -4.61. The van der Waals surface area contributed by atoms with Crippen LogP contribution < -0.4 is 9.80 Å². The standard InChI is InChI=1S/C62H72F6N8O6S2/c1-5-81-57(79)53-43(3)75(51-19-15-17-49(39-51)61(63,64)65)59(71-55(53)47-25-21-45(41-69)22-26-47)83-37-13-9-7-11-29-73(33-35-77)31-32-74(34-36-78)30-12-8-10-14-38-84-60-72-56(48-27-23-46(42-70)24-28-48)54(58(80)82-6-2)44(4)76(60)52-20-16-18-50(40-52)62(66,67)68/h15-28,39-40,55-56,77-78H,5-14,29-38H2,1-4H3. The van der Waals surface area contributed by atoms with Gasteiger partial charge in [-0.05, 0) is 138 Å². The van der Waals surface area contributed by atoms with Gasteiger partial charge in [0.2, 0.25) is 0 Å². The Balaban J connectivity index is 1.01. The molecule has 4 aromatic rings. The molecule has 0 bridgehead atoms. The fraction of sp³-hybridized carbons (Fsp3) is 0.452. The van der Waals surface area contributed by atoms with Crippen LogP contribution in [0.2, 0.25) is 0 Å². The van der Waals surface area contributed by atoms with Gasteiger partial charge in [0.1, 0.15) is 12.1 Å². The van der Waals surface area contributed by atoms with Gasteiger partial charge in [-0.15, -0.1) is 0 Å². The number of unbranched alkanes of at least 4 members (excludes halogenated alkanes) is 6. The van der Waals surface area contributed by atoms with Crippen molar-refractivity contribution in [3.63, 3.8) is 0 Å². The molecule has 2 aliphatic rings. The SMILES string of the molecule is CCOC(=O)C1=C(C)N(c2cccc(C(F)(F)F)c2)C(SCCCCCCN(CCO)CCN(CCO)CCCCCCSC2=NC(c3ccc(C#N)cc3)C(C(=O)OCC)=C(C)N2c2cccc(C(F)(F)F)c2)=NC1c1ccc(C#N)cc1. The summed E-state index contributed by atoms with van der Waals surface area (Å²) in [6, 6.07) is 25.7. The lowest BCUT2D eigenvalue weighted by molar-refractivity contribution is -0.139. The Kier molecular flexibility index (Phi) is 25.8. The van der Waals surface area contributed by atoms with E-state index < -0.39 is 47.5 Å². The molecule has 0 saturated heterocycles. The number of hydrogen-bond acceptors (Lipinski definition) is 16. The van der Waals surface area contributed by atoms with E-state index in [0.29, 0.717) is 81.7 Å². The molecule has 0 spiro atoms. The van der Waals surface area contributed by atoms with E-state index in [1.165, 1.54) is 35.7 Å². The molecule has 2 aliphatic heterocycles. The maximum Gasteiger partial charge on any atom is 0.416 e. The maximum atomic E-state index is 14.0. The zero-order valence-electron chi connectivity index (χ0n) is 47.7. The first-order valence-electron chi connectivity index (χ1n) is 28.2. The van der Waals surface area contributed by atoms with Gasteiger partial charge in [0.25, 0.3) is 0 Å². The van der Waals surface area contributed by atoms with Crippen molar-refractivity contribution in [3.8, 4) is 12.1 Å². The third-order valence-corrected chi connectivity index (χ3v) is 16.3. The Morgan fingerprint density at radius 1 is 0.560 bits per heavy atom. The maximum absolute atomic E-state index is 14.0. The van der Waals surface area contributed by atoms with Crippen molar-refractivity contribution < 1.29 is 55.6 Å². The van der Waals surface area contributed by atoms with Crippen LogP contribution in [0, 0.1) is 22.7 Å². The summed E-state index contributed by atoms with van der Waals surface area (Å²) in [6.07, 6.45) is -2.52. The molecule has 2 heterocycles. The molecular formula is C62H72F6N8O6S2. The van der Waals surface area contributed by atoms with Crippen molar-refractivity contribution in [1.82, 2.24) is 9.80 Å². The highest BCUT2D eigenvalue weighted by molar-refractivity contribution is 8.14. The number of esters is 2. The van der Waals surface area contributed by atoms with Crippen LogP contribution in [0.4, 0.5) is 37.7 Å². The van der Waals surface area contributed by atoms with Crippen LogP contribution >= 0.6 is 23.5 Å². The van der Waals surface area contributed by atoms with Gasteiger partial charge in [-0.1, -0.05) is 85.6 Å². The molecule has 2 unspecified atom stereocenters. The molecule has 450 valence electrons. The summed E-state index contributed by atoms with van der Waals surface area (Å²) in [4.78, 5) is 44.7. The lowest BCUT2D eigenvalue weighted by atomic mass is 9.95. The van der Waals surface area contributed by atoms with Crippen molar-refractivity contribution >= 4 is 57.2 Å².